The molecule has 0 aliphatic rings. The van der Waals surface area contributed by atoms with Crippen LogP contribution in [0.25, 0.3) is 0 Å². The smallest absolute Gasteiger partial charge is 0.282 e. The fraction of sp³-hybridized carbons (Fsp3) is 0.333. The van der Waals surface area contributed by atoms with Gasteiger partial charge in [0, 0.05) is 21.4 Å². The first kappa shape index (κ1) is 22.2. The lowest BCUT2D eigenvalue weighted by molar-refractivity contribution is -0.885. The number of benzene rings is 2. The Kier molecular flexibility index (Phi) is 7.47. The molecule has 0 saturated carbocycles. The van der Waals surface area contributed by atoms with E-state index < -0.39 is 6.04 Å². The molecule has 2 rings (SSSR count). The van der Waals surface area contributed by atoms with E-state index in [4.69, 9.17) is 23.2 Å². The summed E-state index contributed by atoms with van der Waals surface area (Å²) in [6.07, 6.45) is 0. The molecule has 3 N–H and O–H groups in total. The zero-order valence-electron chi connectivity index (χ0n) is 16.7. The van der Waals surface area contributed by atoms with E-state index >= 15 is 0 Å². The lowest BCUT2D eigenvalue weighted by Crippen LogP contribution is -3.14. The van der Waals surface area contributed by atoms with Crippen LogP contribution in [0.4, 0.5) is 11.4 Å². The van der Waals surface area contributed by atoms with Crippen LogP contribution in [0, 0.1) is 20.8 Å². The number of anilines is 2. The van der Waals surface area contributed by atoms with Crippen molar-refractivity contribution in [2.24, 2.45) is 0 Å². The predicted molar refractivity (Wildman–Crippen MR) is 116 cm³/mol. The molecule has 0 spiro atoms. The van der Waals surface area contributed by atoms with Gasteiger partial charge in [0.15, 0.2) is 12.6 Å². The highest BCUT2D eigenvalue weighted by Gasteiger charge is 2.24. The summed E-state index contributed by atoms with van der Waals surface area (Å²) in [4.78, 5) is 25.8. The van der Waals surface area contributed by atoms with Gasteiger partial charge in [-0.3, -0.25) is 9.59 Å². The van der Waals surface area contributed by atoms with Crippen LogP contribution in [-0.2, 0) is 9.59 Å². The van der Waals surface area contributed by atoms with Crippen molar-refractivity contribution >= 4 is 46.4 Å². The Bertz CT molecular complexity index is 856. The van der Waals surface area contributed by atoms with E-state index in [1.807, 2.05) is 40.0 Å². The van der Waals surface area contributed by atoms with Gasteiger partial charge in [-0.2, -0.15) is 0 Å². The molecule has 0 heterocycles. The Balaban J connectivity index is 1.98. The molecule has 0 aliphatic carbocycles. The molecule has 0 aromatic heterocycles. The summed E-state index contributed by atoms with van der Waals surface area (Å²) >= 11 is 11.9. The highest BCUT2D eigenvalue weighted by Crippen LogP contribution is 2.23. The van der Waals surface area contributed by atoms with Crippen molar-refractivity contribution in [3.63, 3.8) is 0 Å². The van der Waals surface area contributed by atoms with Gasteiger partial charge in [-0.1, -0.05) is 40.9 Å². The molecule has 2 atom stereocenters. The highest BCUT2D eigenvalue weighted by atomic mass is 35.5. The van der Waals surface area contributed by atoms with Crippen molar-refractivity contribution < 1.29 is 14.5 Å². The summed E-state index contributed by atoms with van der Waals surface area (Å²) in [5.74, 6) is -0.357. The number of amides is 2. The zero-order valence-corrected chi connectivity index (χ0v) is 18.3. The molecule has 0 radical (unpaired) electrons. The van der Waals surface area contributed by atoms with Gasteiger partial charge in [0.1, 0.15) is 0 Å². The van der Waals surface area contributed by atoms with Crippen molar-refractivity contribution in [2.45, 2.75) is 33.7 Å². The van der Waals surface area contributed by atoms with Crippen LogP contribution in [0.5, 0.6) is 0 Å². The Hall–Kier alpha value is -2.08. The Morgan fingerprint density at radius 3 is 2.04 bits per heavy atom. The van der Waals surface area contributed by atoms with E-state index in [1.165, 1.54) is 0 Å². The van der Waals surface area contributed by atoms with Crippen LogP contribution in [0.3, 0.4) is 0 Å². The molecule has 5 nitrogen and oxygen atoms in total. The third kappa shape index (κ3) is 5.96. The number of carbonyl (C=O) groups is 2. The molecule has 0 saturated heterocycles. The maximum atomic E-state index is 12.5. The molecule has 0 fully saturated rings. The molecule has 7 heteroatoms. The van der Waals surface area contributed by atoms with Gasteiger partial charge < -0.3 is 15.5 Å². The Morgan fingerprint density at radius 2 is 1.50 bits per heavy atom. The molecule has 2 amide bonds. The second kappa shape index (κ2) is 9.41. The molecule has 0 bridgehead atoms. The first-order valence-electron chi connectivity index (χ1n) is 9.03. The normalized spacial score (nSPS) is 13.0. The summed E-state index contributed by atoms with van der Waals surface area (Å²) in [5.41, 5.74) is 4.55. The van der Waals surface area contributed by atoms with E-state index in [-0.39, 0.29) is 18.4 Å². The minimum Gasteiger partial charge on any atom is -0.321 e. The fourth-order valence-electron chi connectivity index (χ4n) is 3.07. The Labute approximate surface area is 176 Å². The number of carbonyl (C=O) groups excluding carboxylic acids is 2. The number of halogens is 2. The molecular formula is C21H26Cl2N3O2+. The summed E-state index contributed by atoms with van der Waals surface area (Å²) in [7, 11) is 1.81. The van der Waals surface area contributed by atoms with E-state index in [0.29, 0.717) is 15.7 Å². The quantitative estimate of drug-likeness (QED) is 0.667. The van der Waals surface area contributed by atoms with Crippen molar-refractivity contribution in [1.82, 2.24) is 0 Å². The van der Waals surface area contributed by atoms with E-state index in [0.717, 1.165) is 27.3 Å². The maximum Gasteiger partial charge on any atom is 0.282 e. The third-order valence-electron chi connectivity index (χ3n) is 4.64. The minimum absolute atomic E-state index is 0.141. The standard InChI is InChI=1S/C21H25Cl2N3O2/c1-12-6-13(2)20(14(3)7-12)25-19(27)11-26(5)15(4)21(28)24-18-9-16(22)8-17(23)10-18/h6-10,15H,11H2,1-5H3,(H,24,28)(H,25,27)/p+1/t15-/m0/s1. The van der Waals surface area contributed by atoms with Gasteiger partial charge in [-0.15, -0.1) is 0 Å². The molecule has 1 unspecified atom stereocenters. The van der Waals surface area contributed by atoms with Crippen molar-refractivity contribution in [1.29, 1.82) is 0 Å². The van der Waals surface area contributed by atoms with Crippen LogP contribution in [0.15, 0.2) is 30.3 Å². The number of rotatable bonds is 6. The SMILES string of the molecule is Cc1cc(C)c(NC(=O)C[NH+](C)[C@@H](C)C(=O)Nc2cc(Cl)cc(Cl)c2)c(C)c1. The molecule has 0 aliphatic heterocycles. The largest absolute Gasteiger partial charge is 0.321 e. The number of likely N-dealkylation sites (N-methyl/N-ethyl adjacent to an activating group) is 1. The van der Waals surface area contributed by atoms with Crippen LogP contribution < -0.4 is 15.5 Å². The fourth-order valence-corrected chi connectivity index (χ4v) is 3.59. The lowest BCUT2D eigenvalue weighted by atomic mass is 10.1. The summed E-state index contributed by atoms with van der Waals surface area (Å²) < 4.78 is 0. The van der Waals surface area contributed by atoms with E-state index in [2.05, 4.69) is 10.6 Å². The number of aryl methyl sites for hydroxylation is 3. The second-order valence-corrected chi connectivity index (χ2v) is 8.09. The monoisotopic (exact) mass is 422 g/mol. The lowest BCUT2D eigenvalue weighted by Gasteiger charge is -2.21. The average Bonchev–Trinajstić information content (AvgIpc) is 2.56. The molecule has 2 aromatic rings. The van der Waals surface area contributed by atoms with Crippen molar-refractivity contribution in [2.75, 3.05) is 24.2 Å². The molecule has 2 aromatic carbocycles. The highest BCUT2D eigenvalue weighted by molar-refractivity contribution is 6.35. The number of hydrogen-bond acceptors (Lipinski definition) is 2. The Morgan fingerprint density at radius 1 is 0.964 bits per heavy atom. The average molecular weight is 423 g/mol. The third-order valence-corrected chi connectivity index (χ3v) is 5.08. The first-order valence-corrected chi connectivity index (χ1v) is 9.79. The maximum absolute atomic E-state index is 12.5. The van der Waals surface area contributed by atoms with Gasteiger partial charge in [-0.05, 0) is 57.0 Å². The molecule has 28 heavy (non-hydrogen) atoms. The predicted octanol–water partition coefficient (Wildman–Crippen LogP) is 3.40. The molecule has 150 valence electrons. The topological polar surface area (TPSA) is 62.6 Å². The van der Waals surface area contributed by atoms with Crippen LogP contribution in [-0.4, -0.2) is 31.4 Å². The molecular weight excluding hydrogens is 397 g/mol. The van der Waals surface area contributed by atoms with Crippen LogP contribution in [0.1, 0.15) is 23.6 Å². The summed E-state index contributed by atoms with van der Waals surface area (Å²) in [6.45, 7) is 7.90. The van der Waals surface area contributed by atoms with Crippen LogP contribution >= 0.6 is 23.2 Å². The van der Waals surface area contributed by atoms with Crippen molar-refractivity contribution in [3.8, 4) is 0 Å². The van der Waals surface area contributed by atoms with E-state index in [1.54, 1.807) is 25.1 Å². The second-order valence-electron chi connectivity index (χ2n) is 7.21. The van der Waals surface area contributed by atoms with Gasteiger partial charge in [0.2, 0.25) is 0 Å². The van der Waals surface area contributed by atoms with Crippen molar-refractivity contribution in [3.05, 3.63) is 57.1 Å². The van der Waals surface area contributed by atoms with Gasteiger partial charge in [0.05, 0.1) is 7.05 Å². The van der Waals surface area contributed by atoms with Crippen LogP contribution in [0.2, 0.25) is 10.0 Å². The summed E-state index contributed by atoms with van der Waals surface area (Å²) in [5, 5.41) is 6.65. The van der Waals surface area contributed by atoms with E-state index in [9.17, 15) is 9.59 Å². The van der Waals surface area contributed by atoms with Gasteiger partial charge in [0.25, 0.3) is 11.8 Å². The first-order chi connectivity index (χ1) is 13.1. The number of nitrogens with one attached hydrogen (secondary N) is 3. The zero-order chi connectivity index (χ0) is 21.0. The minimum atomic E-state index is -0.441. The van der Waals surface area contributed by atoms with Gasteiger partial charge >= 0.3 is 0 Å². The van der Waals surface area contributed by atoms with Gasteiger partial charge in [-0.25, -0.2) is 0 Å². The summed E-state index contributed by atoms with van der Waals surface area (Å²) in [6, 6.07) is 8.48. The number of quaternary nitrogens is 1. The number of hydrogen-bond donors (Lipinski definition) is 3.